The van der Waals surface area contributed by atoms with Crippen LogP contribution in [0.15, 0.2) is 72.8 Å². The summed E-state index contributed by atoms with van der Waals surface area (Å²) in [7, 11) is 0. The van der Waals surface area contributed by atoms with Crippen molar-refractivity contribution in [3.05, 3.63) is 94.0 Å². The first kappa shape index (κ1) is 16.7. The summed E-state index contributed by atoms with van der Waals surface area (Å²) >= 11 is 12.2. The maximum absolute atomic E-state index is 6.12. The quantitative estimate of drug-likeness (QED) is 0.421. The molecule has 0 saturated heterocycles. The molecule has 134 valence electrons. The van der Waals surface area contributed by atoms with Gasteiger partial charge in [0.1, 0.15) is 0 Å². The molecule has 27 heavy (non-hydrogen) atoms. The van der Waals surface area contributed by atoms with E-state index >= 15 is 0 Å². The van der Waals surface area contributed by atoms with Crippen molar-refractivity contribution in [3.8, 4) is 0 Å². The maximum Gasteiger partial charge on any atom is 0.204 e. The highest BCUT2D eigenvalue weighted by atomic mass is 35.5. The average molecular weight is 394 g/mol. The van der Waals surface area contributed by atoms with Crippen LogP contribution in [-0.4, -0.2) is 9.55 Å². The summed E-state index contributed by atoms with van der Waals surface area (Å²) in [6.45, 7) is 0. The van der Waals surface area contributed by atoms with Crippen molar-refractivity contribution in [1.29, 1.82) is 0 Å². The molecule has 3 nitrogen and oxygen atoms in total. The molecule has 1 N–H and O–H groups in total. The first-order chi connectivity index (χ1) is 13.2. The second-order valence-corrected chi connectivity index (χ2v) is 7.72. The Morgan fingerprint density at radius 1 is 0.815 bits per heavy atom. The Morgan fingerprint density at radius 3 is 2.15 bits per heavy atom. The smallest absolute Gasteiger partial charge is 0.204 e. The zero-order valence-corrected chi connectivity index (χ0v) is 16.0. The van der Waals surface area contributed by atoms with Gasteiger partial charge in [0.15, 0.2) is 0 Å². The maximum atomic E-state index is 6.12. The van der Waals surface area contributed by atoms with Gasteiger partial charge in [-0.2, -0.15) is 0 Å². The van der Waals surface area contributed by atoms with Gasteiger partial charge in [0.2, 0.25) is 5.95 Å². The molecule has 4 aromatic rings. The Labute approximate surface area is 167 Å². The topological polar surface area (TPSA) is 29.9 Å². The Bertz CT molecular complexity index is 1100. The van der Waals surface area contributed by atoms with Crippen LogP contribution in [-0.2, 0) is 0 Å². The van der Waals surface area contributed by atoms with Gasteiger partial charge >= 0.3 is 0 Å². The van der Waals surface area contributed by atoms with Gasteiger partial charge in [0.25, 0.3) is 0 Å². The van der Waals surface area contributed by atoms with Crippen LogP contribution in [0, 0.1) is 0 Å². The fourth-order valence-corrected chi connectivity index (χ4v) is 4.14. The largest absolute Gasteiger partial charge is 0.349 e. The molecule has 0 saturated carbocycles. The highest BCUT2D eigenvalue weighted by Crippen LogP contribution is 2.41. The van der Waals surface area contributed by atoms with E-state index in [0.717, 1.165) is 33.4 Å². The molecule has 0 spiro atoms. The standard InChI is InChI=1S/C22H17Cl2N3/c23-16-9-5-14(6-10-16)19-13-21(15-7-11-17(24)12-8-15)27-20-4-2-1-3-18(20)25-22(27)26-19/h1-12,19,21H,13H2,(H,25,26)/t19-,21+/m1/s1. The van der Waals surface area contributed by atoms with Crippen LogP contribution in [0.1, 0.15) is 29.6 Å². The number of rotatable bonds is 2. The summed E-state index contributed by atoms with van der Waals surface area (Å²) < 4.78 is 2.30. The highest BCUT2D eigenvalue weighted by Gasteiger charge is 2.30. The fourth-order valence-electron chi connectivity index (χ4n) is 3.89. The number of benzene rings is 3. The van der Waals surface area contributed by atoms with E-state index < -0.39 is 0 Å². The van der Waals surface area contributed by atoms with Crippen molar-refractivity contribution in [2.75, 3.05) is 5.32 Å². The lowest BCUT2D eigenvalue weighted by molar-refractivity contribution is 0.477. The number of para-hydroxylation sites is 2. The summed E-state index contributed by atoms with van der Waals surface area (Å²) in [5, 5.41) is 5.11. The normalized spacial score (nSPS) is 18.9. The number of hydrogen-bond acceptors (Lipinski definition) is 2. The minimum absolute atomic E-state index is 0.159. The predicted octanol–water partition coefficient (Wildman–Crippen LogP) is 6.49. The van der Waals surface area contributed by atoms with Gasteiger partial charge in [-0.25, -0.2) is 4.98 Å². The van der Waals surface area contributed by atoms with Crippen LogP contribution < -0.4 is 5.32 Å². The molecule has 0 unspecified atom stereocenters. The summed E-state index contributed by atoms with van der Waals surface area (Å²) in [6.07, 6.45) is 0.913. The van der Waals surface area contributed by atoms with Crippen LogP contribution in [0.2, 0.25) is 10.0 Å². The van der Waals surface area contributed by atoms with Crippen molar-refractivity contribution in [2.45, 2.75) is 18.5 Å². The number of halogens is 2. The fraction of sp³-hybridized carbons (Fsp3) is 0.136. The van der Waals surface area contributed by atoms with Crippen molar-refractivity contribution < 1.29 is 0 Å². The molecule has 0 bridgehead atoms. The Hall–Kier alpha value is -2.49. The molecule has 0 radical (unpaired) electrons. The molecule has 1 aliphatic rings. The number of aromatic nitrogens is 2. The Balaban J connectivity index is 1.65. The number of hydrogen-bond donors (Lipinski definition) is 1. The number of fused-ring (bicyclic) bond motifs is 3. The van der Waals surface area contributed by atoms with E-state index in [-0.39, 0.29) is 12.1 Å². The van der Waals surface area contributed by atoms with Gasteiger partial charge in [0.05, 0.1) is 23.1 Å². The third-order valence-electron chi connectivity index (χ3n) is 5.20. The van der Waals surface area contributed by atoms with E-state index in [9.17, 15) is 0 Å². The van der Waals surface area contributed by atoms with Crippen LogP contribution in [0.5, 0.6) is 0 Å². The van der Waals surface area contributed by atoms with Crippen molar-refractivity contribution >= 4 is 40.2 Å². The Morgan fingerprint density at radius 2 is 1.44 bits per heavy atom. The van der Waals surface area contributed by atoms with E-state index in [0.29, 0.717) is 0 Å². The Kier molecular flexibility index (Phi) is 4.07. The first-order valence-corrected chi connectivity index (χ1v) is 9.69. The lowest BCUT2D eigenvalue weighted by Crippen LogP contribution is -2.27. The third kappa shape index (κ3) is 2.97. The molecule has 0 fully saturated rings. The van der Waals surface area contributed by atoms with Gasteiger partial charge in [-0.15, -0.1) is 0 Å². The van der Waals surface area contributed by atoms with E-state index in [1.54, 1.807) is 0 Å². The summed E-state index contributed by atoms with van der Waals surface area (Å²) in [4.78, 5) is 4.84. The lowest BCUT2D eigenvalue weighted by Gasteiger charge is -2.33. The SMILES string of the molecule is Clc1ccc([C@H]2C[C@@H](c3ccc(Cl)cc3)n3c(nc4ccccc43)N2)cc1. The molecular formula is C22H17Cl2N3. The zero-order chi connectivity index (χ0) is 18.4. The van der Waals surface area contributed by atoms with Gasteiger partial charge in [0, 0.05) is 10.0 Å². The van der Waals surface area contributed by atoms with Gasteiger partial charge in [-0.3, -0.25) is 0 Å². The molecule has 5 rings (SSSR count). The molecule has 3 aromatic carbocycles. The molecular weight excluding hydrogens is 377 g/mol. The number of imidazole rings is 1. The second kappa shape index (κ2) is 6.59. The summed E-state index contributed by atoms with van der Waals surface area (Å²) in [6, 6.07) is 24.7. The molecule has 1 aromatic heterocycles. The number of nitrogens with one attached hydrogen (secondary N) is 1. The zero-order valence-electron chi connectivity index (χ0n) is 14.4. The van der Waals surface area contributed by atoms with E-state index in [2.05, 4.69) is 52.3 Å². The van der Waals surface area contributed by atoms with Crippen LogP contribution in [0.4, 0.5) is 5.95 Å². The predicted molar refractivity (Wildman–Crippen MR) is 112 cm³/mol. The first-order valence-electron chi connectivity index (χ1n) is 8.93. The average Bonchev–Trinajstić information content (AvgIpc) is 3.07. The van der Waals surface area contributed by atoms with Gasteiger partial charge in [-0.1, -0.05) is 59.6 Å². The van der Waals surface area contributed by atoms with Crippen molar-refractivity contribution in [1.82, 2.24) is 9.55 Å². The van der Waals surface area contributed by atoms with Crippen LogP contribution >= 0.6 is 23.2 Å². The minimum Gasteiger partial charge on any atom is -0.349 e. The molecule has 0 aliphatic carbocycles. The molecule has 0 amide bonds. The van der Waals surface area contributed by atoms with E-state index in [1.165, 1.54) is 11.1 Å². The van der Waals surface area contributed by atoms with Crippen LogP contribution in [0.3, 0.4) is 0 Å². The lowest BCUT2D eigenvalue weighted by atomic mass is 9.93. The van der Waals surface area contributed by atoms with Gasteiger partial charge in [-0.05, 0) is 53.9 Å². The second-order valence-electron chi connectivity index (χ2n) is 6.85. The van der Waals surface area contributed by atoms with E-state index in [4.69, 9.17) is 28.2 Å². The number of nitrogens with zero attached hydrogens (tertiary/aromatic N) is 2. The monoisotopic (exact) mass is 393 g/mol. The van der Waals surface area contributed by atoms with Crippen molar-refractivity contribution in [3.63, 3.8) is 0 Å². The van der Waals surface area contributed by atoms with Crippen molar-refractivity contribution in [2.24, 2.45) is 0 Å². The number of anilines is 1. The van der Waals surface area contributed by atoms with E-state index in [1.807, 2.05) is 30.3 Å². The third-order valence-corrected chi connectivity index (χ3v) is 5.70. The molecule has 1 aliphatic heterocycles. The van der Waals surface area contributed by atoms with Gasteiger partial charge < -0.3 is 9.88 Å². The summed E-state index contributed by atoms with van der Waals surface area (Å²) in [5.74, 6) is 0.891. The molecule has 5 heteroatoms. The molecule has 2 atom stereocenters. The minimum atomic E-state index is 0.159. The molecule has 2 heterocycles. The summed E-state index contributed by atoms with van der Waals surface area (Å²) in [5.41, 5.74) is 4.56. The highest BCUT2D eigenvalue weighted by molar-refractivity contribution is 6.30. The van der Waals surface area contributed by atoms with Crippen LogP contribution in [0.25, 0.3) is 11.0 Å².